The second-order valence-corrected chi connectivity index (χ2v) is 3.25. The normalized spacial score (nSPS) is 50.1. The molecule has 1 aliphatic heterocycles. The molecule has 1 saturated carbocycles. The summed E-state index contributed by atoms with van der Waals surface area (Å²) in [5, 5.41) is 6.18. The van der Waals surface area contributed by atoms with Crippen molar-refractivity contribution in [2.75, 3.05) is 6.54 Å². The maximum absolute atomic E-state index is 10.1. The van der Waals surface area contributed by atoms with Gasteiger partial charge in [0.25, 0.3) is 0 Å². The van der Waals surface area contributed by atoms with E-state index in [1.807, 2.05) is 0 Å². The molecular formula is C7H12N2O. The molecule has 2 fully saturated rings. The molecule has 3 heteroatoms. The lowest BCUT2D eigenvalue weighted by Crippen LogP contribution is -2.32. The molecule has 0 spiro atoms. The Hall–Kier alpha value is -0.570. The van der Waals surface area contributed by atoms with Gasteiger partial charge in [0.1, 0.15) is 0 Å². The molecule has 1 heterocycles. The van der Waals surface area contributed by atoms with Gasteiger partial charge in [-0.05, 0) is 12.8 Å². The van der Waals surface area contributed by atoms with Gasteiger partial charge in [0, 0.05) is 24.5 Å². The third-order valence-corrected chi connectivity index (χ3v) is 2.74. The van der Waals surface area contributed by atoms with E-state index >= 15 is 0 Å². The number of nitrogens with one attached hydrogen (secondary N) is 2. The Morgan fingerprint density at radius 2 is 2.50 bits per heavy atom. The minimum Gasteiger partial charge on any atom is -0.355 e. The van der Waals surface area contributed by atoms with Crippen molar-refractivity contribution in [1.29, 1.82) is 0 Å². The largest absolute Gasteiger partial charge is 0.355 e. The number of rotatable bonds is 2. The van der Waals surface area contributed by atoms with Gasteiger partial charge in [-0.1, -0.05) is 0 Å². The van der Waals surface area contributed by atoms with Crippen LogP contribution in [0.5, 0.6) is 0 Å². The molecule has 0 bridgehead atoms. The van der Waals surface area contributed by atoms with Crippen molar-refractivity contribution in [3.63, 3.8) is 0 Å². The molecule has 0 aromatic carbocycles. The van der Waals surface area contributed by atoms with Gasteiger partial charge in [-0.25, -0.2) is 0 Å². The first-order valence-corrected chi connectivity index (χ1v) is 3.77. The topological polar surface area (TPSA) is 41.1 Å². The highest BCUT2D eigenvalue weighted by molar-refractivity contribution is 5.48. The van der Waals surface area contributed by atoms with Crippen LogP contribution in [0.2, 0.25) is 0 Å². The van der Waals surface area contributed by atoms with E-state index < -0.39 is 0 Å². The zero-order chi connectivity index (χ0) is 7.14. The summed E-state index contributed by atoms with van der Waals surface area (Å²) < 4.78 is 0. The third-order valence-electron chi connectivity index (χ3n) is 2.74. The SMILES string of the molecule is CC1NCC2C(NC=O)C12. The minimum absolute atomic E-state index is 0.480. The molecule has 0 radical (unpaired) electrons. The maximum Gasteiger partial charge on any atom is 0.207 e. The number of amides is 1. The van der Waals surface area contributed by atoms with Crippen molar-refractivity contribution < 1.29 is 4.79 Å². The molecule has 2 rings (SSSR count). The lowest BCUT2D eigenvalue weighted by molar-refractivity contribution is -0.109. The average Bonchev–Trinajstić information content (AvgIpc) is 2.45. The molecule has 0 aromatic rings. The standard InChI is InChI=1S/C7H12N2O/c1-4-6-5(2-8-4)7(6)9-3-10/h3-8H,2H2,1H3,(H,9,10). The van der Waals surface area contributed by atoms with Crippen LogP contribution in [0.3, 0.4) is 0 Å². The number of carbonyl (C=O) groups excluding carboxylic acids is 1. The minimum atomic E-state index is 0.480. The van der Waals surface area contributed by atoms with Crippen molar-refractivity contribution in [1.82, 2.24) is 10.6 Å². The molecule has 1 saturated heterocycles. The van der Waals surface area contributed by atoms with Crippen LogP contribution in [-0.2, 0) is 4.79 Å². The first-order valence-electron chi connectivity index (χ1n) is 3.77. The van der Waals surface area contributed by atoms with E-state index in [9.17, 15) is 4.79 Å². The molecule has 1 amide bonds. The highest BCUT2D eigenvalue weighted by atomic mass is 16.1. The summed E-state index contributed by atoms with van der Waals surface area (Å²) in [5.41, 5.74) is 0. The van der Waals surface area contributed by atoms with Crippen LogP contribution in [0.25, 0.3) is 0 Å². The smallest absolute Gasteiger partial charge is 0.207 e. The highest BCUT2D eigenvalue weighted by Gasteiger charge is 2.56. The quantitative estimate of drug-likeness (QED) is 0.500. The van der Waals surface area contributed by atoms with Gasteiger partial charge in [0.2, 0.25) is 6.41 Å². The number of fused-ring (bicyclic) bond motifs is 1. The average molecular weight is 140 g/mol. The Morgan fingerprint density at radius 1 is 1.70 bits per heavy atom. The van der Waals surface area contributed by atoms with E-state index in [4.69, 9.17) is 0 Å². The van der Waals surface area contributed by atoms with Gasteiger partial charge in [0.15, 0.2) is 0 Å². The summed E-state index contributed by atoms with van der Waals surface area (Å²) in [5.74, 6) is 1.44. The van der Waals surface area contributed by atoms with Crippen LogP contribution in [0.15, 0.2) is 0 Å². The Bertz CT molecular complexity index is 160. The van der Waals surface area contributed by atoms with Crippen LogP contribution in [0, 0.1) is 11.8 Å². The molecule has 4 atom stereocenters. The monoisotopic (exact) mass is 140 g/mol. The van der Waals surface area contributed by atoms with E-state index in [2.05, 4.69) is 17.6 Å². The fraction of sp³-hybridized carbons (Fsp3) is 0.857. The number of piperidine rings is 1. The van der Waals surface area contributed by atoms with Crippen LogP contribution in [0.1, 0.15) is 6.92 Å². The molecule has 2 N–H and O–H groups in total. The fourth-order valence-corrected chi connectivity index (χ4v) is 2.12. The van der Waals surface area contributed by atoms with E-state index in [1.165, 1.54) is 0 Å². The number of hydrogen-bond acceptors (Lipinski definition) is 2. The van der Waals surface area contributed by atoms with Crippen molar-refractivity contribution >= 4 is 6.41 Å². The lowest BCUT2D eigenvalue weighted by Gasteiger charge is -2.08. The lowest BCUT2D eigenvalue weighted by atomic mass is 10.2. The van der Waals surface area contributed by atoms with Gasteiger partial charge in [0.05, 0.1) is 0 Å². The second kappa shape index (κ2) is 1.95. The van der Waals surface area contributed by atoms with E-state index in [0.717, 1.165) is 18.9 Å². The summed E-state index contributed by atoms with van der Waals surface area (Å²) in [6.45, 7) is 3.26. The molecule has 2 aliphatic rings. The number of carbonyl (C=O) groups is 1. The molecular weight excluding hydrogens is 128 g/mol. The third kappa shape index (κ3) is 0.669. The van der Waals surface area contributed by atoms with E-state index in [1.54, 1.807) is 0 Å². The molecule has 3 nitrogen and oxygen atoms in total. The molecule has 56 valence electrons. The Morgan fingerprint density at radius 3 is 3.00 bits per heavy atom. The van der Waals surface area contributed by atoms with Gasteiger partial charge >= 0.3 is 0 Å². The predicted octanol–water partition coefficient (Wildman–Crippen LogP) is -0.661. The summed E-state index contributed by atoms with van der Waals surface area (Å²) in [6.07, 6.45) is 0.815. The van der Waals surface area contributed by atoms with Gasteiger partial charge in [-0.15, -0.1) is 0 Å². The molecule has 0 aromatic heterocycles. The molecule has 1 aliphatic carbocycles. The highest BCUT2D eigenvalue weighted by Crippen LogP contribution is 2.44. The van der Waals surface area contributed by atoms with Crippen LogP contribution >= 0.6 is 0 Å². The van der Waals surface area contributed by atoms with Crippen LogP contribution in [0.4, 0.5) is 0 Å². The van der Waals surface area contributed by atoms with Crippen molar-refractivity contribution in [2.24, 2.45) is 11.8 Å². The van der Waals surface area contributed by atoms with Gasteiger partial charge < -0.3 is 10.6 Å². The van der Waals surface area contributed by atoms with Crippen LogP contribution < -0.4 is 10.6 Å². The van der Waals surface area contributed by atoms with Crippen molar-refractivity contribution in [3.05, 3.63) is 0 Å². The first-order chi connectivity index (χ1) is 4.84. The van der Waals surface area contributed by atoms with Crippen molar-refractivity contribution in [3.8, 4) is 0 Å². The Balaban J connectivity index is 1.92. The Labute approximate surface area is 60.2 Å². The first kappa shape index (κ1) is 6.16. The summed E-state index contributed by atoms with van der Waals surface area (Å²) in [4.78, 5) is 10.1. The summed E-state index contributed by atoms with van der Waals surface area (Å²) >= 11 is 0. The van der Waals surface area contributed by atoms with Crippen LogP contribution in [-0.4, -0.2) is 25.0 Å². The van der Waals surface area contributed by atoms with E-state index in [-0.39, 0.29) is 0 Å². The molecule has 4 unspecified atom stereocenters. The zero-order valence-corrected chi connectivity index (χ0v) is 6.00. The van der Waals surface area contributed by atoms with Gasteiger partial charge in [-0.2, -0.15) is 0 Å². The zero-order valence-electron chi connectivity index (χ0n) is 6.00. The summed E-state index contributed by atoms with van der Waals surface area (Å²) in [7, 11) is 0. The Kier molecular flexibility index (Phi) is 1.20. The number of hydrogen-bond donors (Lipinski definition) is 2. The fourth-order valence-electron chi connectivity index (χ4n) is 2.12. The maximum atomic E-state index is 10.1. The second-order valence-electron chi connectivity index (χ2n) is 3.25. The van der Waals surface area contributed by atoms with Gasteiger partial charge in [-0.3, -0.25) is 4.79 Å². The van der Waals surface area contributed by atoms with Crippen molar-refractivity contribution in [2.45, 2.75) is 19.0 Å². The summed E-state index contributed by atoms with van der Waals surface area (Å²) in [6, 6.07) is 1.08. The predicted molar refractivity (Wildman–Crippen MR) is 37.4 cm³/mol. The molecule has 10 heavy (non-hydrogen) atoms. The van der Waals surface area contributed by atoms with E-state index in [0.29, 0.717) is 18.0 Å².